The number of amides is 1. The van der Waals surface area contributed by atoms with Crippen molar-refractivity contribution in [3.8, 4) is 5.88 Å². The van der Waals surface area contributed by atoms with Crippen molar-refractivity contribution < 1.29 is 27.4 Å². The van der Waals surface area contributed by atoms with Gasteiger partial charge in [0.15, 0.2) is 5.69 Å². The molecule has 1 saturated carbocycles. The fourth-order valence-corrected chi connectivity index (χ4v) is 3.89. The molecule has 28 heavy (non-hydrogen) atoms. The van der Waals surface area contributed by atoms with Gasteiger partial charge in [0.05, 0.1) is 0 Å². The molecule has 0 unspecified atom stereocenters. The lowest BCUT2D eigenvalue weighted by Gasteiger charge is -2.52. The lowest BCUT2D eigenvalue weighted by Crippen LogP contribution is -2.60. The van der Waals surface area contributed by atoms with Crippen LogP contribution in [0.15, 0.2) is 12.1 Å². The molecule has 0 bridgehead atoms. The number of nitrogens with zero attached hydrogens (tertiary/aromatic N) is 2. The van der Waals surface area contributed by atoms with Gasteiger partial charge in [-0.3, -0.25) is 0 Å². The van der Waals surface area contributed by atoms with Gasteiger partial charge in [0.2, 0.25) is 5.88 Å². The zero-order valence-electron chi connectivity index (χ0n) is 16.7. The Morgan fingerprint density at radius 3 is 2.32 bits per heavy atom. The summed E-state index contributed by atoms with van der Waals surface area (Å²) in [5.74, 6) is 0.0165. The number of likely N-dealkylation sites (tertiary alicyclic amines) is 1. The smallest absolute Gasteiger partial charge is 0.433 e. The molecule has 0 N–H and O–H groups in total. The molecular weight excluding hydrogens is 373 g/mol. The number of alkyl halides is 3. The van der Waals surface area contributed by atoms with E-state index in [1.54, 1.807) is 4.90 Å². The second-order valence-corrected chi connectivity index (χ2v) is 8.97. The van der Waals surface area contributed by atoms with Crippen molar-refractivity contribution in [3.05, 3.63) is 23.4 Å². The van der Waals surface area contributed by atoms with Crippen LogP contribution in [0.5, 0.6) is 5.88 Å². The molecule has 0 aromatic carbocycles. The highest BCUT2D eigenvalue weighted by Gasteiger charge is 2.48. The number of carbonyl (C=O) groups is 1. The fourth-order valence-electron chi connectivity index (χ4n) is 3.89. The SMILES string of the molecule is Cc1ccc(OC2CCC3(CC2)CN(C(=O)OC(C)(C)C)C3)nc1C(F)(F)F. The zero-order valence-corrected chi connectivity index (χ0v) is 16.7. The summed E-state index contributed by atoms with van der Waals surface area (Å²) in [4.78, 5) is 17.5. The molecule has 0 radical (unpaired) electrons. The minimum absolute atomic E-state index is 0.0165. The lowest BCUT2D eigenvalue weighted by atomic mass is 9.68. The third-order valence-corrected chi connectivity index (χ3v) is 5.32. The number of rotatable bonds is 2. The second-order valence-electron chi connectivity index (χ2n) is 8.97. The molecule has 0 atom stereocenters. The molecule has 2 fully saturated rings. The molecule has 8 heteroatoms. The Bertz CT molecular complexity index is 727. The maximum atomic E-state index is 13.0. The topological polar surface area (TPSA) is 51.7 Å². The number of aryl methyl sites for hydroxylation is 1. The first kappa shape index (κ1) is 20.7. The molecule has 3 rings (SSSR count). The number of pyridine rings is 1. The first-order valence-corrected chi connectivity index (χ1v) is 9.56. The van der Waals surface area contributed by atoms with Crippen molar-refractivity contribution in [2.75, 3.05) is 13.1 Å². The predicted octanol–water partition coefficient (Wildman–Crippen LogP) is 4.97. The van der Waals surface area contributed by atoms with Crippen LogP contribution >= 0.6 is 0 Å². The summed E-state index contributed by atoms with van der Waals surface area (Å²) in [5, 5.41) is 0. The van der Waals surface area contributed by atoms with E-state index in [1.165, 1.54) is 19.1 Å². The molecule has 1 amide bonds. The van der Waals surface area contributed by atoms with Gasteiger partial charge in [-0.1, -0.05) is 6.07 Å². The van der Waals surface area contributed by atoms with Crippen LogP contribution in [-0.2, 0) is 10.9 Å². The summed E-state index contributed by atoms with van der Waals surface area (Å²) in [5.41, 5.74) is -1.25. The Hall–Kier alpha value is -1.99. The van der Waals surface area contributed by atoms with Crippen molar-refractivity contribution in [2.24, 2.45) is 5.41 Å². The first-order chi connectivity index (χ1) is 12.9. The van der Waals surface area contributed by atoms with E-state index in [0.717, 1.165) is 25.7 Å². The van der Waals surface area contributed by atoms with Crippen LogP contribution in [0.4, 0.5) is 18.0 Å². The van der Waals surface area contributed by atoms with Gasteiger partial charge >= 0.3 is 12.3 Å². The number of hydrogen-bond acceptors (Lipinski definition) is 4. The third kappa shape index (κ3) is 4.70. The summed E-state index contributed by atoms with van der Waals surface area (Å²) in [6.45, 7) is 8.23. The van der Waals surface area contributed by atoms with Crippen LogP contribution in [0.25, 0.3) is 0 Å². The maximum Gasteiger partial charge on any atom is 0.433 e. The Kier molecular flexibility index (Phi) is 5.27. The fraction of sp³-hybridized carbons (Fsp3) is 0.700. The Balaban J connectivity index is 1.51. The third-order valence-electron chi connectivity index (χ3n) is 5.32. The van der Waals surface area contributed by atoms with Crippen molar-refractivity contribution in [1.82, 2.24) is 9.88 Å². The van der Waals surface area contributed by atoms with Gasteiger partial charge in [0.1, 0.15) is 11.7 Å². The van der Waals surface area contributed by atoms with Crippen LogP contribution in [0, 0.1) is 12.3 Å². The quantitative estimate of drug-likeness (QED) is 0.704. The van der Waals surface area contributed by atoms with Crippen molar-refractivity contribution in [1.29, 1.82) is 0 Å². The van der Waals surface area contributed by atoms with Crippen LogP contribution < -0.4 is 4.74 Å². The molecule has 1 aromatic heterocycles. The summed E-state index contributed by atoms with van der Waals surface area (Å²) in [6, 6.07) is 2.88. The van der Waals surface area contributed by atoms with Crippen LogP contribution in [-0.4, -0.2) is 40.8 Å². The van der Waals surface area contributed by atoms with E-state index in [2.05, 4.69) is 4.98 Å². The monoisotopic (exact) mass is 400 g/mol. The largest absolute Gasteiger partial charge is 0.474 e. The standard InChI is InChI=1S/C20H27F3N2O3/c1-13-5-6-15(24-16(13)20(21,22)23)27-14-7-9-19(10-8-14)11-25(12-19)17(26)28-18(2,3)4/h5-6,14H,7-12H2,1-4H3. The van der Waals surface area contributed by atoms with Crippen LogP contribution in [0.3, 0.4) is 0 Å². The molecule has 1 aromatic rings. The highest BCUT2D eigenvalue weighted by Crippen LogP contribution is 2.45. The van der Waals surface area contributed by atoms with Gasteiger partial charge in [-0.2, -0.15) is 13.2 Å². The van der Waals surface area contributed by atoms with E-state index in [-0.39, 0.29) is 29.1 Å². The minimum atomic E-state index is -4.49. The Morgan fingerprint density at radius 2 is 1.79 bits per heavy atom. The van der Waals surface area contributed by atoms with Crippen LogP contribution in [0.1, 0.15) is 57.7 Å². The molecule has 1 aliphatic heterocycles. The predicted molar refractivity (Wildman–Crippen MR) is 97.1 cm³/mol. The molecule has 1 saturated heterocycles. The molecule has 2 aliphatic rings. The normalized spacial score (nSPS) is 20.0. The number of halogens is 3. The minimum Gasteiger partial charge on any atom is -0.474 e. The van der Waals surface area contributed by atoms with Gasteiger partial charge in [-0.05, 0) is 58.9 Å². The molecule has 2 heterocycles. The highest BCUT2D eigenvalue weighted by molar-refractivity contribution is 5.69. The van der Waals surface area contributed by atoms with Gasteiger partial charge in [0, 0.05) is 24.6 Å². The average Bonchev–Trinajstić information content (AvgIpc) is 2.52. The number of aromatic nitrogens is 1. The van der Waals surface area contributed by atoms with Crippen molar-refractivity contribution >= 4 is 6.09 Å². The summed E-state index contributed by atoms with van der Waals surface area (Å²) < 4.78 is 50.1. The highest BCUT2D eigenvalue weighted by atomic mass is 19.4. The average molecular weight is 400 g/mol. The molecular formula is C20H27F3N2O3. The van der Waals surface area contributed by atoms with E-state index in [4.69, 9.17) is 9.47 Å². The van der Waals surface area contributed by atoms with Gasteiger partial charge in [-0.25, -0.2) is 9.78 Å². The van der Waals surface area contributed by atoms with Crippen molar-refractivity contribution in [2.45, 2.75) is 71.3 Å². The van der Waals surface area contributed by atoms with E-state index in [9.17, 15) is 18.0 Å². The summed E-state index contributed by atoms with van der Waals surface area (Å²) in [6.07, 6.45) is -1.73. The molecule has 5 nitrogen and oxygen atoms in total. The number of ether oxygens (including phenoxy) is 2. The van der Waals surface area contributed by atoms with Crippen molar-refractivity contribution in [3.63, 3.8) is 0 Å². The molecule has 1 spiro atoms. The Morgan fingerprint density at radius 1 is 1.18 bits per heavy atom. The second kappa shape index (κ2) is 7.12. The van der Waals surface area contributed by atoms with Gasteiger partial charge in [-0.15, -0.1) is 0 Å². The lowest BCUT2D eigenvalue weighted by molar-refractivity contribution is -0.142. The summed E-state index contributed by atoms with van der Waals surface area (Å²) in [7, 11) is 0. The molecule has 156 valence electrons. The maximum absolute atomic E-state index is 13.0. The first-order valence-electron chi connectivity index (χ1n) is 9.56. The van der Waals surface area contributed by atoms with Gasteiger partial charge in [0.25, 0.3) is 0 Å². The van der Waals surface area contributed by atoms with E-state index >= 15 is 0 Å². The Labute approximate surface area is 163 Å². The van der Waals surface area contributed by atoms with Gasteiger partial charge < -0.3 is 14.4 Å². The molecule has 1 aliphatic carbocycles. The van der Waals surface area contributed by atoms with E-state index in [1.807, 2.05) is 20.8 Å². The van der Waals surface area contributed by atoms with E-state index in [0.29, 0.717) is 13.1 Å². The summed E-state index contributed by atoms with van der Waals surface area (Å²) >= 11 is 0. The van der Waals surface area contributed by atoms with E-state index < -0.39 is 17.5 Å². The number of hydrogen-bond donors (Lipinski definition) is 0. The number of carbonyl (C=O) groups excluding carboxylic acids is 1. The zero-order chi connectivity index (χ0) is 20.7. The van der Waals surface area contributed by atoms with Crippen LogP contribution in [0.2, 0.25) is 0 Å².